The quantitative estimate of drug-likeness (QED) is 0.642. The van der Waals surface area contributed by atoms with Gasteiger partial charge in [-0.15, -0.1) is 0 Å². The summed E-state index contributed by atoms with van der Waals surface area (Å²) < 4.78 is 0. The maximum Gasteiger partial charge on any atom is 0.221 e. The van der Waals surface area contributed by atoms with E-state index in [1.54, 1.807) is 48.5 Å². The molecule has 0 radical (unpaired) electrons. The number of hydrogen-bond donors (Lipinski definition) is 1. The molecular weight excluding hydrogens is 321 g/mol. The van der Waals surface area contributed by atoms with E-state index in [0.29, 0.717) is 26.9 Å². The number of amides is 1. The Morgan fingerprint density at radius 2 is 1.82 bits per heavy atom. The van der Waals surface area contributed by atoms with Gasteiger partial charge in [-0.3, -0.25) is 9.59 Å². The minimum atomic E-state index is -0.191. The molecule has 0 aliphatic carbocycles. The van der Waals surface area contributed by atoms with Crippen molar-refractivity contribution >= 4 is 46.7 Å². The average molecular weight is 334 g/mol. The zero-order valence-electron chi connectivity index (χ0n) is 11.8. The molecule has 0 saturated carbocycles. The van der Waals surface area contributed by atoms with Crippen LogP contribution in [0.4, 0.5) is 5.69 Å². The number of rotatable bonds is 4. The van der Waals surface area contributed by atoms with E-state index in [1.165, 1.54) is 13.0 Å². The molecule has 1 N–H and O–H groups in total. The molecule has 3 nitrogen and oxygen atoms in total. The molecule has 0 atom stereocenters. The highest BCUT2D eigenvalue weighted by atomic mass is 35.5. The van der Waals surface area contributed by atoms with E-state index >= 15 is 0 Å². The van der Waals surface area contributed by atoms with Crippen molar-refractivity contribution in [2.75, 3.05) is 5.32 Å². The van der Waals surface area contributed by atoms with Crippen LogP contribution in [0.2, 0.25) is 10.0 Å². The number of hydrogen-bond acceptors (Lipinski definition) is 2. The second-order valence-electron chi connectivity index (χ2n) is 4.60. The molecule has 0 fully saturated rings. The maximum absolute atomic E-state index is 12.2. The Labute approximate surface area is 138 Å². The highest BCUT2D eigenvalue weighted by Crippen LogP contribution is 2.26. The zero-order chi connectivity index (χ0) is 16.1. The number of halogens is 2. The lowest BCUT2D eigenvalue weighted by molar-refractivity contribution is -0.114. The van der Waals surface area contributed by atoms with Crippen LogP contribution in [0.1, 0.15) is 22.8 Å². The smallest absolute Gasteiger partial charge is 0.221 e. The highest BCUT2D eigenvalue weighted by molar-refractivity contribution is 6.42. The molecule has 0 saturated heterocycles. The van der Waals surface area contributed by atoms with Gasteiger partial charge >= 0.3 is 0 Å². The molecule has 22 heavy (non-hydrogen) atoms. The van der Waals surface area contributed by atoms with Gasteiger partial charge in [0.25, 0.3) is 0 Å². The molecule has 5 heteroatoms. The fraction of sp³-hybridized carbons (Fsp3) is 0.0588. The van der Waals surface area contributed by atoms with E-state index in [1.807, 2.05) is 0 Å². The van der Waals surface area contributed by atoms with Crippen LogP contribution in [-0.2, 0) is 4.79 Å². The first kappa shape index (κ1) is 16.3. The first-order valence-corrected chi connectivity index (χ1v) is 7.27. The summed E-state index contributed by atoms with van der Waals surface area (Å²) in [6, 6.07) is 11.9. The Morgan fingerprint density at radius 3 is 2.55 bits per heavy atom. The van der Waals surface area contributed by atoms with Crippen LogP contribution in [-0.4, -0.2) is 11.7 Å². The van der Waals surface area contributed by atoms with Gasteiger partial charge < -0.3 is 5.32 Å². The standard InChI is InChI=1S/C17H13Cl2NO2/c1-11(21)20-14-6-2-5-13(10-14)16(22)9-8-12-4-3-7-15(18)17(12)19/h2-10H,1H3,(H,20,21)/b9-8+. The first-order chi connectivity index (χ1) is 10.5. The molecule has 0 bridgehead atoms. The van der Waals surface area contributed by atoms with E-state index in [4.69, 9.17) is 23.2 Å². The number of benzene rings is 2. The number of anilines is 1. The van der Waals surface area contributed by atoms with Crippen molar-refractivity contribution in [3.8, 4) is 0 Å². The number of ketones is 1. The normalized spacial score (nSPS) is 10.7. The Hall–Kier alpha value is -2.10. The van der Waals surface area contributed by atoms with E-state index in [2.05, 4.69) is 5.32 Å². The second-order valence-corrected chi connectivity index (χ2v) is 5.39. The fourth-order valence-corrected chi connectivity index (χ4v) is 2.24. The molecule has 2 rings (SSSR count). The van der Waals surface area contributed by atoms with E-state index < -0.39 is 0 Å². The molecule has 112 valence electrons. The first-order valence-electron chi connectivity index (χ1n) is 6.51. The summed E-state index contributed by atoms with van der Waals surface area (Å²) >= 11 is 12.0. The van der Waals surface area contributed by atoms with Crippen molar-refractivity contribution in [3.63, 3.8) is 0 Å². The minimum absolute atomic E-state index is 0.189. The van der Waals surface area contributed by atoms with Crippen LogP contribution in [0.25, 0.3) is 6.08 Å². The van der Waals surface area contributed by atoms with E-state index in [0.717, 1.165) is 0 Å². The van der Waals surface area contributed by atoms with Crippen molar-refractivity contribution in [1.82, 2.24) is 0 Å². The summed E-state index contributed by atoms with van der Waals surface area (Å²) in [7, 11) is 0. The molecule has 0 aliphatic heterocycles. The largest absolute Gasteiger partial charge is 0.326 e. The molecule has 0 spiro atoms. The highest BCUT2D eigenvalue weighted by Gasteiger charge is 2.05. The molecule has 1 amide bonds. The average Bonchev–Trinajstić information content (AvgIpc) is 2.48. The Morgan fingerprint density at radius 1 is 1.09 bits per heavy atom. The van der Waals surface area contributed by atoms with E-state index in [-0.39, 0.29) is 11.7 Å². The van der Waals surface area contributed by atoms with Gasteiger partial charge in [0.2, 0.25) is 5.91 Å². The molecular formula is C17H13Cl2NO2. The summed E-state index contributed by atoms with van der Waals surface area (Å²) in [5, 5.41) is 3.47. The predicted octanol–water partition coefficient (Wildman–Crippen LogP) is 4.85. The Kier molecular flexibility index (Phi) is 5.36. The van der Waals surface area contributed by atoms with Gasteiger partial charge in [0.05, 0.1) is 10.0 Å². The van der Waals surface area contributed by atoms with Crippen molar-refractivity contribution in [1.29, 1.82) is 0 Å². The third-order valence-electron chi connectivity index (χ3n) is 2.86. The van der Waals surface area contributed by atoms with Gasteiger partial charge in [0.1, 0.15) is 0 Å². The summed E-state index contributed by atoms with van der Waals surface area (Å²) in [6.07, 6.45) is 3.03. The lowest BCUT2D eigenvalue weighted by atomic mass is 10.1. The number of carbonyl (C=O) groups is 2. The third-order valence-corrected chi connectivity index (χ3v) is 3.70. The molecule has 0 aliphatic rings. The van der Waals surface area contributed by atoms with Crippen LogP contribution >= 0.6 is 23.2 Å². The summed E-state index contributed by atoms with van der Waals surface area (Å²) in [6.45, 7) is 1.41. The minimum Gasteiger partial charge on any atom is -0.326 e. The number of allylic oxidation sites excluding steroid dienone is 1. The van der Waals surface area contributed by atoms with Gasteiger partial charge in [-0.25, -0.2) is 0 Å². The number of nitrogens with one attached hydrogen (secondary N) is 1. The Bertz CT molecular complexity index is 754. The number of carbonyl (C=O) groups excluding carboxylic acids is 2. The zero-order valence-corrected chi connectivity index (χ0v) is 13.3. The second kappa shape index (κ2) is 7.25. The summed E-state index contributed by atoms with van der Waals surface area (Å²) in [5.74, 6) is -0.380. The van der Waals surface area contributed by atoms with Crippen molar-refractivity contribution < 1.29 is 9.59 Å². The van der Waals surface area contributed by atoms with Gasteiger partial charge in [0.15, 0.2) is 5.78 Å². The molecule has 0 aromatic heterocycles. The molecule has 2 aromatic carbocycles. The molecule has 0 unspecified atom stereocenters. The third kappa shape index (κ3) is 4.20. The van der Waals surface area contributed by atoms with Crippen molar-refractivity contribution in [2.45, 2.75) is 6.92 Å². The van der Waals surface area contributed by atoms with Crippen LogP contribution < -0.4 is 5.32 Å². The van der Waals surface area contributed by atoms with Gasteiger partial charge in [-0.2, -0.15) is 0 Å². The van der Waals surface area contributed by atoms with Crippen LogP contribution in [0.5, 0.6) is 0 Å². The lowest BCUT2D eigenvalue weighted by Crippen LogP contribution is -2.06. The molecule has 0 heterocycles. The van der Waals surface area contributed by atoms with Crippen molar-refractivity contribution in [2.24, 2.45) is 0 Å². The van der Waals surface area contributed by atoms with Gasteiger partial charge in [-0.05, 0) is 35.9 Å². The SMILES string of the molecule is CC(=O)Nc1cccc(C(=O)/C=C/c2cccc(Cl)c2Cl)c1. The fourth-order valence-electron chi connectivity index (χ4n) is 1.86. The topological polar surface area (TPSA) is 46.2 Å². The van der Waals surface area contributed by atoms with Crippen molar-refractivity contribution in [3.05, 3.63) is 69.7 Å². The molecule has 2 aromatic rings. The summed E-state index contributed by atoms with van der Waals surface area (Å²) in [4.78, 5) is 23.2. The van der Waals surface area contributed by atoms with Crippen LogP contribution in [0, 0.1) is 0 Å². The summed E-state index contributed by atoms with van der Waals surface area (Å²) in [5.41, 5.74) is 1.72. The predicted molar refractivity (Wildman–Crippen MR) is 90.6 cm³/mol. The maximum atomic E-state index is 12.2. The van der Waals surface area contributed by atoms with Crippen LogP contribution in [0.15, 0.2) is 48.5 Å². The Balaban J connectivity index is 2.20. The monoisotopic (exact) mass is 333 g/mol. The van der Waals surface area contributed by atoms with Crippen LogP contribution in [0.3, 0.4) is 0 Å². The van der Waals surface area contributed by atoms with E-state index in [9.17, 15) is 9.59 Å². The van der Waals surface area contributed by atoms with Gasteiger partial charge in [0, 0.05) is 18.2 Å². The van der Waals surface area contributed by atoms with Gasteiger partial charge in [-0.1, -0.05) is 47.5 Å². The lowest BCUT2D eigenvalue weighted by Gasteiger charge is -2.03.